The molecule has 0 atom stereocenters. The molecule has 0 unspecified atom stereocenters. The summed E-state index contributed by atoms with van der Waals surface area (Å²) < 4.78 is 1.89. The molecule has 12 heavy (non-hydrogen) atoms. The number of imidazole rings is 1. The van der Waals surface area contributed by atoms with Crippen LogP contribution in [0.3, 0.4) is 0 Å². The van der Waals surface area contributed by atoms with Gasteiger partial charge in [0, 0.05) is 25.1 Å². The lowest BCUT2D eigenvalue weighted by Gasteiger charge is -1.91. The van der Waals surface area contributed by atoms with E-state index in [4.69, 9.17) is 5.73 Å². The van der Waals surface area contributed by atoms with E-state index in [1.54, 1.807) is 6.20 Å². The number of rotatable bonds is 1. The molecule has 2 N–H and O–H groups in total. The van der Waals surface area contributed by atoms with Gasteiger partial charge in [0.25, 0.3) is 0 Å². The Bertz CT molecular complexity index is 404. The monoisotopic (exact) mass is 162 g/mol. The van der Waals surface area contributed by atoms with Crippen LogP contribution < -0.4 is 5.73 Å². The van der Waals surface area contributed by atoms with Crippen LogP contribution in [0.5, 0.6) is 0 Å². The van der Waals surface area contributed by atoms with Gasteiger partial charge in [0.05, 0.1) is 5.69 Å². The van der Waals surface area contributed by atoms with Crippen molar-refractivity contribution in [3.63, 3.8) is 0 Å². The largest absolute Gasteiger partial charge is 0.325 e. The highest BCUT2D eigenvalue weighted by Crippen LogP contribution is 2.02. The lowest BCUT2D eigenvalue weighted by atomic mass is 10.4. The SMILES string of the molecule is Cc1cnc2nc(CN)cn2c1. The highest BCUT2D eigenvalue weighted by Gasteiger charge is 1.99. The average Bonchev–Trinajstić information content (AvgIpc) is 2.46. The average molecular weight is 162 g/mol. The van der Waals surface area contributed by atoms with E-state index in [0.717, 1.165) is 11.3 Å². The molecule has 4 heteroatoms. The Morgan fingerprint density at radius 1 is 1.50 bits per heavy atom. The van der Waals surface area contributed by atoms with Crippen molar-refractivity contribution in [3.8, 4) is 0 Å². The molecule has 0 aromatic carbocycles. The molecule has 0 spiro atoms. The van der Waals surface area contributed by atoms with Crippen LogP contribution in [0.25, 0.3) is 5.78 Å². The first-order valence-corrected chi connectivity index (χ1v) is 3.80. The summed E-state index contributed by atoms with van der Waals surface area (Å²) in [6.45, 7) is 2.46. The third-order valence-electron chi connectivity index (χ3n) is 1.70. The van der Waals surface area contributed by atoms with Crippen LogP contribution in [0.4, 0.5) is 0 Å². The number of fused-ring (bicyclic) bond motifs is 1. The summed E-state index contributed by atoms with van der Waals surface area (Å²) in [6, 6.07) is 0. The minimum Gasteiger partial charge on any atom is -0.325 e. The smallest absolute Gasteiger partial charge is 0.233 e. The minimum absolute atomic E-state index is 0.461. The predicted molar refractivity (Wildman–Crippen MR) is 45.6 cm³/mol. The summed E-state index contributed by atoms with van der Waals surface area (Å²) in [4.78, 5) is 8.34. The third kappa shape index (κ3) is 1.06. The lowest BCUT2D eigenvalue weighted by molar-refractivity contribution is 1.01. The van der Waals surface area contributed by atoms with E-state index in [1.165, 1.54) is 0 Å². The quantitative estimate of drug-likeness (QED) is 0.664. The van der Waals surface area contributed by atoms with Crippen molar-refractivity contribution in [2.75, 3.05) is 0 Å². The summed E-state index contributed by atoms with van der Waals surface area (Å²) in [5, 5.41) is 0. The van der Waals surface area contributed by atoms with Gasteiger partial charge in [-0.05, 0) is 12.5 Å². The highest BCUT2D eigenvalue weighted by molar-refractivity contribution is 5.31. The van der Waals surface area contributed by atoms with E-state index in [2.05, 4.69) is 9.97 Å². The number of aromatic nitrogens is 3. The Morgan fingerprint density at radius 3 is 3.08 bits per heavy atom. The zero-order chi connectivity index (χ0) is 8.55. The van der Waals surface area contributed by atoms with Crippen LogP contribution in [0.2, 0.25) is 0 Å². The molecule has 0 aliphatic rings. The first kappa shape index (κ1) is 7.24. The van der Waals surface area contributed by atoms with Gasteiger partial charge in [0.1, 0.15) is 0 Å². The Labute approximate surface area is 70.1 Å². The lowest BCUT2D eigenvalue weighted by Crippen LogP contribution is -1.95. The summed E-state index contributed by atoms with van der Waals surface area (Å²) in [6.07, 6.45) is 5.67. The standard InChI is InChI=1S/C8H10N4/c1-6-3-10-8-11-7(2-9)5-12(8)4-6/h3-5H,2,9H2,1H3. The fourth-order valence-corrected chi connectivity index (χ4v) is 1.13. The summed E-state index contributed by atoms with van der Waals surface area (Å²) >= 11 is 0. The first-order valence-electron chi connectivity index (χ1n) is 3.80. The molecule has 2 aromatic rings. The maximum atomic E-state index is 5.45. The molecule has 2 rings (SSSR count). The third-order valence-corrected chi connectivity index (χ3v) is 1.70. The number of nitrogens with zero attached hydrogens (tertiary/aromatic N) is 3. The Morgan fingerprint density at radius 2 is 2.33 bits per heavy atom. The van der Waals surface area contributed by atoms with Crippen LogP contribution in [-0.2, 0) is 6.54 Å². The van der Waals surface area contributed by atoms with Gasteiger partial charge in [-0.3, -0.25) is 4.40 Å². The van der Waals surface area contributed by atoms with Crippen molar-refractivity contribution in [2.45, 2.75) is 13.5 Å². The summed E-state index contributed by atoms with van der Waals surface area (Å²) in [5.41, 5.74) is 7.43. The van der Waals surface area contributed by atoms with Crippen LogP contribution in [-0.4, -0.2) is 14.4 Å². The first-order chi connectivity index (χ1) is 5.79. The fraction of sp³-hybridized carbons (Fsp3) is 0.250. The molecule has 0 aliphatic carbocycles. The van der Waals surface area contributed by atoms with Crippen LogP contribution in [0, 0.1) is 6.92 Å². The molecule has 0 radical (unpaired) electrons. The molecular weight excluding hydrogens is 152 g/mol. The number of hydrogen-bond acceptors (Lipinski definition) is 3. The van der Waals surface area contributed by atoms with Crippen LogP contribution in [0.1, 0.15) is 11.3 Å². The van der Waals surface area contributed by atoms with Gasteiger partial charge >= 0.3 is 0 Å². The fourth-order valence-electron chi connectivity index (χ4n) is 1.13. The van der Waals surface area contributed by atoms with E-state index in [0.29, 0.717) is 12.3 Å². The van der Waals surface area contributed by atoms with Crippen molar-refractivity contribution in [1.29, 1.82) is 0 Å². The second-order valence-corrected chi connectivity index (χ2v) is 2.77. The second kappa shape index (κ2) is 2.57. The summed E-state index contributed by atoms with van der Waals surface area (Å²) in [7, 11) is 0. The molecule has 0 fully saturated rings. The topological polar surface area (TPSA) is 56.2 Å². The molecular formula is C8H10N4. The van der Waals surface area contributed by atoms with E-state index >= 15 is 0 Å². The Balaban J connectivity index is 2.67. The number of hydrogen-bond donors (Lipinski definition) is 1. The normalized spacial score (nSPS) is 10.8. The zero-order valence-corrected chi connectivity index (χ0v) is 6.86. The van der Waals surface area contributed by atoms with E-state index in [9.17, 15) is 0 Å². The van der Waals surface area contributed by atoms with Crippen molar-refractivity contribution >= 4 is 5.78 Å². The van der Waals surface area contributed by atoms with Crippen LogP contribution >= 0.6 is 0 Å². The van der Waals surface area contributed by atoms with Gasteiger partial charge in [-0.1, -0.05) is 0 Å². The maximum absolute atomic E-state index is 5.45. The minimum atomic E-state index is 0.461. The molecule has 2 aromatic heterocycles. The Kier molecular flexibility index (Phi) is 1.55. The van der Waals surface area contributed by atoms with Gasteiger partial charge in [0.2, 0.25) is 5.78 Å². The molecule has 0 amide bonds. The molecule has 62 valence electrons. The number of nitrogens with two attached hydrogens (primary N) is 1. The molecule has 0 aliphatic heterocycles. The van der Waals surface area contributed by atoms with Crippen molar-refractivity contribution in [1.82, 2.24) is 14.4 Å². The molecule has 0 bridgehead atoms. The maximum Gasteiger partial charge on any atom is 0.233 e. The summed E-state index contributed by atoms with van der Waals surface area (Å²) in [5.74, 6) is 0.709. The van der Waals surface area contributed by atoms with E-state index in [-0.39, 0.29) is 0 Å². The van der Waals surface area contributed by atoms with E-state index in [1.807, 2.05) is 23.7 Å². The van der Waals surface area contributed by atoms with Crippen molar-refractivity contribution in [2.24, 2.45) is 5.73 Å². The second-order valence-electron chi connectivity index (χ2n) is 2.77. The van der Waals surface area contributed by atoms with Gasteiger partial charge in [-0.15, -0.1) is 0 Å². The molecule has 2 heterocycles. The van der Waals surface area contributed by atoms with Crippen molar-refractivity contribution < 1.29 is 0 Å². The Hall–Kier alpha value is -1.42. The highest BCUT2D eigenvalue weighted by atomic mass is 15.1. The van der Waals surface area contributed by atoms with Gasteiger partial charge in [-0.2, -0.15) is 0 Å². The van der Waals surface area contributed by atoms with E-state index < -0.39 is 0 Å². The molecule has 0 saturated heterocycles. The van der Waals surface area contributed by atoms with Crippen molar-refractivity contribution in [3.05, 3.63) is 29.8 Å². The molecule has 4 nitrogen and oxygen atoms in total. The van der Waals surface area contributed by atoms with Gasteiger partial charge < -0.3 is 5.73 Å². The molecule has 0 saturated carbocycles. The predicted octanol–water partition coefficient (Wildman–Crippen LogP) is 0.496. The van der Waals surface area contributed by atoms with Gasteiger partial charge in [0.15, 0.2) is 0 Å². The van der Waals surface area contributed by atoms with Crippen LogP contribution in [0.15, 0.2) is 18.6 Å². The number of aryl methyl sites for hydroxylation is 1. The zero-order valence-electron chi connectivity index (χ0n) is 6.86. The van der Waals surface area contributed by atoms with Gasteiger partial charge in [-0.25, -0.2) is 9.97 Å².